The highest BCUT2D eigenvalue weighted by molar-refractivity contribution is 9.10. The van der Waals surface area contributed by atoms with Gasteiger partial charge in [-0.2, -0.15) is 12.6 Å². The Morgan fingerprint density at radius 1 is 1.38 bits per heavy atom. The Morgan fingerprint density at radius 2 is 1.94 bits per heavy atom. The lowest BCUT2D eigenvalue weighted by Gasteiger charge is -2.17. The molecule has 0 saturated carbocycles. The van der Waals surface area contributed by atoms with Gasteiger partial charge < -0.3 is 4.90 Å². The van der Waals surface area contributed by atoms with Crippen molar-refractivity contribution in [2.75, 3.05) is 11.4 Å². The van der Waals surface area contributed by atoms with Gasteiger partial charge in [-0.05, 0) is 28.1 Å². The van der Waals surface area contributed by atoms with E-state index in [1.165, 1.54) is 0 Å². The first-order valence-electron chi connectivity index (χ1n) is 4.62. The second kappa shape index (κ2) is 4.77. The van der Waals surface area contributed by atoms with E-state index in [2.05, 4.69) is 28.6 Å². The number of carbonyl (C=O) groups is 1. The van der Waals surface area contributed by atoms with Crippen molar-refractivity contribution in [3.8, 4) is 0 Å². The minimum atomic E-state index is 0.0504. The molecule has 0 N–H and O–H groups in total. The Balaban J connectivity index is 2.38. The first-order valence-corrected chi connectivity index (χ1v) is 6.68. The van der Waals surface area contributed by atoms with Gasteiger partial charge in [-0.25, -0.2) is 0 Å². The predicted molar refractivity (Wildman–Crippen MR) is 73.9 cm³/mol. The van der Waals surface area contributed by atoms with E-state index in [1.807, 2.05) is 0 Å². The largest absolute Gasteiger partial charge is 0.311 e. The second-order valence-electron chi connectivity index (χ2n) is 3.59. The normalized spacial score (nSPS) is 20.6. The smallest absolute Gasteiger partial charge is 0.228 e. The topological polar surface area (TPSA) is 20.3 Å². The standard InChI is InChI=1S/C10H8BrCl2NOS/c11-10-7(12)1-5(2-8(10)13)14-4-6(16)3-9(14)15/h1-2,6,16H,3-4H2. The monoisotopic (exact) mass is 339 g/mol. The van der Waals surface area contributed by atoms with Gasteiger partial charge in [0.25, 0.3) is 0 Å². The molecule has 1 amide bonds. The molecule has 1 heterocycles. The lowest BCUT2D eigenvalue weighted by molar-refractivity contribution is -0.117. The molecule has 1 aliphatic heterocycles. The maximum absolute atomic E-state index is 11.7. The van der Waals surface area contributed by atoms with Crippen molar-refractivity contribution >= 4 is 63.4 Å². The molecule has 6 heteroatoms. The maximum Gasteiger partial charge on any atom is 0.228 e. The van der Waals surface area contributed by atoms with Crippen LogP contribution in [0.15, 0.2) is 16.6 Å². The van der Waals surface area contributed by atoms with Crippen LogP contribution < -0.4 is 4.90 Å². The van der Waals surface area contributed by atoms with Crippen molar-refractivity contribution in [2.24, 2.45) is 0 Å². The molecular weight excluding hydrogens is 333 g/mol. The summed E-state index contributed by atoms with van der Waals surface area (Å²) >= 11 is 19.5. The molecule has 1 aromatic carbocycles. The summed E-state index contributed by atoms with van der Waals surface area (Å²) < 4.78 is 0.647. The van der Waals surface area contributed by atoms with Crippen LogP contribution in [0.3, 0.4) is 0 Å². The summed E-state index contributed by atoms with van der Waals surface area (Å²) in [4.78, 5) is 13.3. The number of thiol groups is 1. The van der Waals surface area contributed by atoms with Crippen molar-refractivity contribution in [3.63, 3.8) is 0 Å². The van der Waals surface area contributed by atoms with Crippen LogP contribution in [-0.2, 0) is 4.79 Å². The highest BCUT2D eigenvalue weighted by Crippen LogP contribution is 2.36. The Bertz CT molecular complexity index is 431. The molecule has 1 fully saturated rings. The molecule has 2 rings (SSSR count). The highest BCUT2D eigenvalue weighted by atomic mass is 79.9. The fourth-order valence-corrected chi connectivity index (χ4v) is 2.66. The SMILES string of the molecule is O=C1CC(S)CN1c1cc(Cl)c(Br)c(Cl)c1. The Morgan fingerprint density at radius 3 is 2.38 bits per heavy atom. The van der Waals surface area contributed by atoms with Gasteiger partial charge in [0.15, 0.2) is 0 Å². The number of amides is 1. The van der Waals surface area contributed by atoms with Gasteiger partial charge in [-0.15, -0.1) is 0 Å². The van der Waals surface area contributed by atoms with Crippen LogP contribution >= 0.6 is 51.8 Å². The zero-order valence-corrected chi connectivity index (χ0v) is 12.1. The Kier molecular flexibility index (Phi) is 3.74. The fraction of sp³-hybridized carbons (Fsp3) is 0.300. The third kappa shape index (κ3) is 2.35. The van der Waals surface area contributed by atoms with Gasteiger partial charge in [0.1, 0.15) is 0 Å². The van der Waals surface area contributed by atoms with E-state index in [9.17, 15) is 4.79 Å². The zero-order valence-electron chi connectivity index (χ0n) is 8.08. The van der Waals surface area contributed by atoms with E-state index in [1.54, 1.807) is 17.0 Å². The number of halogens is 3. The molecule has 86 valence electrons. The number of benzene rings is 1. The maximum atomic E-state index is 11.7. The highest BCUT2D eigenvalue weighted by Gasteiger charge is 2.28. The van der Waals surface area contributed by atoms with E-state index in [0.717, 1.165) is 5.69 Å². The average Bonchev–Trinajstić information content (AvgIpc) is 2.53. The third-order valence-electron chi connectivity index (χ3n) is 2.38. The molecular formula is C10H8BrCl2NOS. The molecule has 2 nitrogen and oxygen atoms in total. The van der Waals surface area contributed by atoms with Crippen molar-refractivity contribution < 1.29 is 4.79 Å². The number of anilines is 1. The molecule has 1 unspecified atom stereocenters. The summed E-state index contributed by atoms with van der Waals surface area (Å²) in [5.41, 5.74) is 0.722. The molecule has 0 spiro atoms. The minimum Gasteiger partial charge on any atom is -0.311 e. The molecule has 1 aromatic rings. The molecule has 0 aromatic heterocycles. The lowest BCUT2D eigenvalue weighted by atomic mass is 10.3. The number of hydrogen-bond donors (Lipinski definition) is 1. The number of nitrogens with zero attached hydrogens (tertiary/aromatic N) is 1. The van der Waals surface area contributed by atoms with Crippen molar-refractivity contribution in [1.82, 2.24) is 0 Å². The molecule has 16 heavy (non-hydrogen) atoms. The summed E-state index contributed by atoms with van der Waals surface area (Å²) in [7, 11) is 0. The van der Waals surface area contributed by atoms with Gasteiger partial charge >= 0.3 is 0 Å². The minimum absolute atomic E-state index is 0.0504. The van der Waals surface area contributed by atoms with E-state index in [4.69, 9.17) is 23.2 Å². The number of hydrogen-bond acceptors (Lipinski definition) is 2. The van der Waals surface area contributed by atoms with E-state index in [0.29, 0.717) is 27.5 Å². The van der Waals surface area contributed by atoms with Crippen LogP contribution in [0.1, 0.15) is 6.42 Å². The van der Waals surface area contributed by atoms with Gasteiger partial charge in [0, 0.05) is 23.9 Å². The molecule has 0 bridgehead atoms. The lowest BCUT2D eigenvalue weighted by Crippen LogP contribution is -2.24. The molecule has 0 radical (unpaired) electrons. The number of carbonyl (C=O) groups excluding carboxylic acids is 1. The fourth-order valence-electron chi connectivity index (χ4n) is 1.64. The van der Waals surface area contributed by atoms with Gasteiger partial charge in [0.05, 0.1) is 14.5 Å². The van der Waals surface area contributed by atoms with Gasteiger partial charge in [-0.3, -0.25) is 4.79 Å². The average molecular weight is 341 g/mol. The van der Waals surface area contributed by atoms with Crippen molar-refractivity contribution in [1.29, 1.82) is 0 Å². The van der Waals surface area contributed by atoms with Crippen LogP contribution in [0.2, 0.25) is 10.0 Å². The summed E-state index contributed by atoms with van der Waals surface area (Å²) in [5.74, 6) is 0.0504. The van der Waals surface area contributed by atoms with E-state index in [-0.39, 0.29) is 11.2 Å². The second-order valence-corrected chi connectivity index (χ2v) is 5.92. The third-order valence-corrected chi connectivity index (χ3v) is 4.64. The molecule has 1 atom stereocenters. The molecule has 1 saturated heterocycles. The van der Waals surface area contributed by atoms with Gasteiger partial charge in [-0.1, -0.05) is 23.2 Å². The van der Waals surface area contributed by atoms with Crippen LogP contribution in [0, 0.1) is 0 Å². The Labute approximate surface area is 117 Å². The summed E-state index contributed by atoms with van der Waals surface area (Å²) in [6, 6.07) is 3.45. The Hall–Kier alpha value is 0.1000. The number of rotatable bonds is 1. The summed E-state index contributed by atoms with van der Waals surface area (Å²) in [6.07, 6.45) is 0.453. The zero-order chi connectivity index (χ0) is 11.9. The predicted octanol–water partition coefficient (Wildman–Crippen LogP) is 3.79. The molecule has 0 aliphatic carbocycles. The van der Waals surface area contributed by atoms with Gasteiger partial charge in [0.2, 0.25) is 5.91 Å². The first-order chi connectivity index (χ1) is 7.49. The van der Waals surface area contributed by atoms with Crippen molar-refractivity contribution in [3.05, 3.63) is 26.7 Å². The van der Waals surface area contributed by atoms with Crippen LogP contribution in [0.4, 0.5) is 5.69 Å². The summed E-state index contributed by atoms with van der Waals surface area (Å²) in [6.45, 7) is 0.593. The van der Waals surface area contributed by atoms with Crippen LogP contribution in [-0.4, -0.2) is 17.7 Å². The molecule has 1 aliphatic rings. The summed E-state index contributed by atoms with van der Waals surface area (Å²) in [5, 5.41) is 1.07. The van der Waals surface area contributed by atoms with E-state index < -0.39 is 0 Å². The first kappa shape index (κ1) is 12.6. The van der Waals surface area contributed by atoms with E-state index >= 15 is 0 Å². The van der Waals surface area contributed by atoms with Crippen LogP contribution in [0.25, 0.3) is 0 Å². The van der Waals surface area contributed by atoms with Crippen LogP contribution in [0.5, 0.6) is 0 Å². The van der Waals surface area contributed by atoms with Crippen molar-refractivity contribution in [2.45, 2.75) is 11.7 Å². The quantitative estimate of drug-likeness (QED) is 0.609.